The van der Waals surface area contributed by atoms with E-state index < -0.39 is 9.84 Å². The van der Waals surface area contributed by atoms with E-state index in [4.69, 9.17) is 0 Å². The lowest BCUT2D eigenvalue weighted by Crippen LogP contribution is -2.30. The molecule has 2 N–H and O–H groups in total. The van der Waals surface area contributed by atoms with Gasteiger partial charge in [-0.2, -0.15) is 0 Å². The lowest BCUT2D eigenvalue weighted by Gasteiger charge is -2.17. The molecule has 0 saturated heterocycles. The molecule has 3 rings (SSSR count). The van der Waals surface area contributed by atoms with Crippen molar-refractivity contribution >= 4 is 21.6 Å². The molecule has 0 unspecified atom stereocenters. The van der Waals surface area contributed by atoms with E-state index in [1.165, 1.54) is 5.56 Å². The van der Waals surface area contributed by atoms with Crippen LogP contribution in [-0.4, -0.2) is 64.2 Å². The molecule has 0 atom stereocenters. The van der Waals surface area contributed by atoms with E-state index in [1.807, 2.05) is 26.1 Å². The summed E-state index contributed by atoms with van der Waals surface area (Å²) < 4.78 is 25.2. The van der Waals surface area contributed by atoms with Gasteiger partial charge < -0.3 is 15.5 Å². The van der Waals surface area contributed by atoms with Gasteiger partial charge in [-0.3, -0.25) is 9.79 Å². The summed E-state index contributed by atoms with van der Waals surface area (Å²) in [5.41, 5.74) is 3.94. The number of amides is 1. The van der Waals surface area contributed by atoms with E-state index in [9.17, 15) is 13.2 Å². The van der Waals surface area contributed by atoms with Crippen LogP contribution in [0.5, 0.6) is 0 Å². The molecule has 178 valence electrons. The minimum atomic E-state index is -3.40. The van der Waals surface area contributed by atoms with E-state index >= 15 is 0 Å². The summed E-state index contributed by atoms with van der Waals surface area (Å²) in [5, 5.41) is 6.24. The average Bonchev–Trinajstić information content (AvgIpc) is 3.34. The predicted molar refractivity (Wildman–Crippen MR) is 132 cm³/mol. The molecule has 1 aliphatic rings. The number of rotatable bonds is 11. The van der Waals surface area contributed by atoms with E-state index in [-0.39, 0.29) is 11.8 Å². The summed E-state index contributed by atoms with van der Waals surface area (Å²) in [6.07, 6.45) is 1.77. The molecule has 0 bridgehead atoms. The van der Waals surface area contributed by atoms with Crippen LogP contribution in [0.25, 0.3) is 0 Å². The molecule has 1 amide bonds. The Balaban J connectivity index is 1.36. The molecule has 0 aliphatic carbocycles. The molecule has 0 saturated carbocycles. The van der Waals surface area contributed by atoms with Crippen LogP contribution in [0.3, 0.4) is 0 Å². The first-order valence-corrected chi connectivity index (χ1v) is 13.0. The van der Waals surface area contributed by atoms with Crippen molar-refractivity contribution in [2.45, 2.75) is 38.0 Å². The number of carbonyl (C=O) groups is 1. The highest BCUT2D eigenvalue weighted by atomic mass is 32.2. The lowest BCUT2D eigenvalue weighted by molar-refractivity contribution is -0.129. The predicted octanol–water partition coefficient (Wildman–Crippen LogP) is 2.46. The molecule has 0 fully saturated rings. The summed E-state index contributed by atoms with van der Waals surface area (Å²) >= 11 is 0. The zero-order chi connectivity index (χ0) is 23.8. The van der Waals surface area contributed by atoms with Crippen molar-refractivity contribution in [3.05, 3.63) is 64.7 Å². The van der Waals surface area contributed by atoms with Crippen molar-refractivity contribution in [1.82, 2.24) is 15.5 Å². The van der Waals surface area contributed by atoms with Gasteiger partial charge in [0, 0.05) is 32.1 Å². The Morgan fingerprint density at radius 1 is 1.15 bits per heavy atom. The summed E-state index contributed by atoms with van der Waals surface area (Å²) in [6.45, 7) is 6.52. The summed E-state index contributed by atoms with van der Waals surface area (Å²) in [6, 6.07) is 13.7. The van der Waals surface area contributed by atoms with Gasteiger partial charge in [0.2, 0.25) is 5.91 Å². The van der Waals surface area contributed by atoms with Crippen LogP contribution in [0.1, 0.15) is 35.1 Å². The number of likely N-dealkylation sites (N-methyl/N-ethyl adjacent to an activating group) is 1. The minimum Gasteiger partial charge on any atom is -0.368 e. The van der Waals surface area contributed by atoms with Crippen LogP contribution in [0, 0.1) is 13.8 Å². The van der Waals surface area contributed by atoms with Crippen molar-refractivity contribution in [1.29, 1.82) is 0 Å². The van der Waals surface area contributed by atoms with Crippen LogP contribution >= 0.6 is 0 Å². The molecular formula is C25H34N4O3S. The third kappa shape index (κ3) is 7.14. The number of benzene rings is 2. The first-order chi connectivity index (χ1) is 15.8. The van der Waals surface area contributed by atoms with Gasteiger partial charge in [0.05, 0.1) is 11.4 Å². The third-order valence-corrected chi connectivity index (χ3v) is 7.47. The first-order valence-electron chi connectivity index (χ1n) is 11.4. The standard InChI is InChI=1S/C25H34N4O3S/c1-19-6-7-20(2)23(17-19)33(31,32)18-26-13-4-5-24(30)29(3)16-12-21-8-10-22(11-9-21)25-27-14-15-28-25/h6-11,17,26H,4-5,12-16,18H2,1-3H3,(H,27,28). The fourth-order valence-corrected chi connectivity index (χ4v) is 5.22. The van der Waals surface area contributed by atoms with E-state index in [0.717, 1.165) is 42.0 Å². The number of hydrogen-bond acceptors (Lipinski definition) is 6. The topological polar surface area (TPSA) is 90.9 Å². The molecular weight excluding hydrogens is 436 g/mol. The zero-order valence-corrected chi connectivity index (χ0v) is 20.5. The second kappa shape index (κ2) is 11.4. The van der Waals surface area contributed by atoms with Gasteiger partial charge in [0.1, 0.15) is 11.7 Å². The van der Waals surface area contributed by atoms with E-state index in [1.54, 1.807) is 17.9 Å². The highest BCUT2D eigenvalue weighted by Crippen LogP contribution is 2.17. The highest BCUT2D eigenvalue weighted by Gasteiger charge is 2.17. The smallest absolute Gasteiger partial charge is 0.222 e. The molecule has 8 heteroatoms. The fourth-order valence-electron chi connectivity index (χ4n) is 3.72. The molecule has 33 heavy (non-hydrogen) atoms. The van der Waals surface area contributed by atoms with Crippen LogP contribution in [-0.2, 0) is 21.1 Å². The van der Waals surface area contributed by atoms with Crippen molar-refractivity contribution in [2.24, 2.45) is 4.99 Å². The molecule has 2 aromatic rings. The number of nitrogens with zero attached hydrogens (tertiary/aromatic N) is 2. The maximum atomic E-state index is 12.6. The Hall–Kier alpha value is -2.71. The van der Waals surface area contributed by atoms with Crippen LogP contribution < -0.4 is 10.6 Å². The number of hydrogen-bond donors (Lipinski definition) is 2. The van der Waals surface area contributed by atoms with Gasteiger partial charge in [0.15, 0.2) is 9.84 Å². The third-order valence-electron chi connectivity index (χ3n) is 5.78. The number of aliphatic imine (C=N–C) groups is 1. The number of aryl methyl sites for hydroxylation is 2. The number of carbonyl (C=O) groups excluding carboxylic acids is 1. The van der Waals surface area contributed by atoms with Crippen molar-refractivity contribution in [2.75, 3.05) is 39.1 Å². The molecule has 1 heterocycles. The highest BCUT2D eigenvalue weighted by molar-refractivity contribution is 7.91. The molecule has 1 aliphatic heterocycles. The fraction of sp³-hybridized carbons (Fsp3) is 0.440. The maximum absolute atomic E-state index is 12.6. The van der Waals surface area contributed by atoms with Gasteiger partial charge in [-0.15, -0.1) is 0 Å². The SMILES string of the molecule is Cc1ccc(C)c(S(=O)(=O)CNCCCC(=O)N(C)CCc2ccc(C3=NCCN3)cc2)c1. The molecule has 2 aromatic carbocycles. The van der Waals surface area contributed by atoms with Crippen LogP contribution in [0.15, 0.2) is 52.4 Å². The monoisotopic (exact) mass is 470 g/mol. The van der Waals surface area contributed by atoms with Crippen LogP contribution in [0.4, 0.5) is 0 Å². The van der Waals surface area contributed by atoms with Crippen molar-refractivity contribution in [3.8, 4) is 0 Å². The Kier molecular flexibility index (Phi) is 8.63. The van der Waals surface area contributed by atoms with Gasteiger partial charge in [0.25, 0.3) is 0 Å². The number of sulfone groups is 1. The second-order valence-electron chi connectivity index (χ2n) is 8.55. The lowest BCUT2D eigenvalue weighted by atomic mass is 10.1. The zero-order valence-electron chi connectivity index (χ0n) is 19.7. The van der Waals surface area contributed by atoms with Crippen LogP contribution in [0.2, 0.25) is 0 Å². The van der Waals surface area contributed by atoms with Gasteiger partial charge in [-0.1, -0.05) is 36.4 Å². The Morgan fingerprint density at radius 3 is 2.61 bits per heavy atom. The van der Waals surface area contributed by atoms with E-state index in [0.29, 0.717) is 30.8 Å². The summed E-state index contributed by atoms with van der Waals surface area (Å²) in [4.78, 5) is 18.9. The molecule has 7 nitrogen and oxygen atoms in total. The molecule has 0 aromatic heterocycles. The summed E-state index contributed by atoms with van der Waals surface area (Å²) in [5.74, 6) is 0.888. The van der Waals surface area contributed by atoms with Gasteiger partial charge in [-0.25, -0.2) is 8.42 Å². The van der Waals surface area contributed by atoms with Gasteiger partial charge in [-0.05, 0) is 56.0 Å². The quantitative estimate of drug-likeness (QED) is 0.493. The molecule has 0 spiro atoms. The second-order valence-corrected chi connectivity index (χ2v) is 10.5. The minimum absolute atomic E-state index is 0.0651. The normalized spacial score (nSPS) is 13.5. The van der Waals surface area contributed by atoms with Crippen molar-refractivity contribution in [3.63, 3.8) is 0 Å². The van der Waals surface area contributed by atoms with Gasteiger partial charge >= 0.3 is 0 Å². The number of amidine groups is 1. The largest absolute Gasteiger partial charge is 0.368 e. The summed E-state index contributed by atoms with van der Waals surface area (Å²) in [7, 11) is -1.58. The number of nitrogens with one attached hydrogen (secondary N) is 2. The Morgan fingerprint density at radius 2 is 1.91 bits per heavy atom. The average molecular weight is 471 g/mol. The maximum Gasteiger partial charge on any atom is 0.222 e. The Labute approximate surface area is 197 Å². The van der Waals surface area contributed by atoms with E-state index in [2.05, 4.69) is 39.9 Å². The Bertz CT molecular complexity index is 1100. The van der Waals surface area contributed by atoms with Crippen molar-refractivity contribution < 1.29 is 13.2 Å². The molecule has 0 radical (unpaired) electrons. The first kappa shape index (κ1) is 24.9.